The fourth-order valence-electron chi connectivity index (χ4n) is 3.46. The predicted molar refractivity (Wildman–Crippen MR) is 131 cm³/mol. The second kappa shape index (κ2) is 9.51. The van der Waals surface area contributed by atoms with Crippen LogP contribution in [0.25, 0.3) is 24.3 Å². The van der Waals surface area contributed by atoms with Crippen LogP contribution in [0.5, 0.6) is 21.6 Å². The lowest BCUT2D eigenvalue weighted by Gasteiger charge is -2.13. The van der Waals surface area contributed by atoms with Gasteiger partial charge in [-0.25, -0.2) is 0 Å². The molecule has 4 nitrogen and oxygen atoms in total. The molecule has 0 aliphatic carbocycles. The van der Waals surface area contributed by atoms with E-state index in [2.05, 4.69) is 49.4 Å². The van der Waals surface area contributed by atoms with Gasteiger partial charge in [0.15, 0.2) is 11.5 Å². The van der Waals surface area contributed by atoms with E-state index in [0.717, 1.165) is 37.8 Å². The summed E-state index contributed by atoms with van der Waals surface area (Å²) in [6.45, 7) is 4.75. The molecule has 31 heavy (non-hydrogen) atoms. The minimum absolute atomic E-state index is 0.625. The van der Waals surface area contributed by atoms with E-state index in [1.165, 1.54) is 28.2 Å². The summed E-state index contributed by atoms with van der Waals surface area (Å²) in [6.07, 6.45) is 12.2. The van der Waals surface area contributed by atoms with Gasteiger partial charge in [0.05, 0.1) is 0 Å². The SMILES string of the molecule is CCCCc1cc(/C=C/c2cc3c(s2)OCCO3)sc1/C=C/c1cc2c(s1)OCCO2. The molecule has 7 heteroatoms. The Morgan fingerprint density at radius 3 is 1.84 bits per heavy atom. The fourth-order valence-corrected chi connectivity index (χ4v) is 6.23. The minimum Gasteiger partial charge on any atom is -0.485 e. The molecule has 0 N–H and O–H groups in total. The standard InChI is InChI=1S/C24H24O4S3/c1-2-3-4-16-13-17(5-6-18-14-20-23(30-18)27-11-9-25-20)29-22(16)8-7-19-15-21-24(31-19)28-12-10-26-21/h5-8,13-15H,2-4,9-12H2,1H3/b6-5+,8-7+. The number of thiophene rings is 3. The average Bonchev–Trinajstić information content (AvgIpc) is 3.50. The first-order valence-corrected chi connectivity index (χ1v) is 13.0. The molecule has 162 valence electrons. The zero-order valence-electron chi connectivity index (χ0n) is 17.3. The van der Waals surface area contributed by atoms with Crippen LogP contribution in [0.2, 0.25) is 0 Å². The van der Waals surface area contributed by atoms with Crippen molar-refractivity contribution in [1.82, 2.24) is 0 Å². The Labute approximate surface area is 194 Å². The zero-order valence-corrected chi connectivity index (χ0v) is 19.8. The van der Waals surface area contributed by atoms with Gasteiger partial charge < -0.3 is 18.9 Å². The van der Waals surface area contributed by atoms with Gasteiger partial charge in [-0.05, 0) is 48.8 Å². The van der Waals surface area contributed by atoms with Crippen LogP contribution in [0.4, 0.5) is 0 Å². The number of hydrogen-bond donors (Lipinski definition) is 0. The molecule has 0 unspecified atom stereocenters. The average molecular weight is 473 g/mol. The van der Waals surface area contributed by atoms with Gasteiger partial charge in [-0.3, -0.25) is 0 Å². The topological polar surface area (TPSA) is 36.9 Å². The van der Waals surface area contributed by atoms with Gasteiger partial charge in [0.25, 0.3) is 0 Å². The third kappa shape index (κ3) is 4.84. The molecule has 0 spiro atoms. The van der Waals surface area contributed by atoms with Crippen LogP contribution in [0.15, 0.2) is 18.2 Å². The Morgan fingerprint density at radius 2 is 1.26 bits per heavy atom. The fraction of sp³-hybridized carbons (Fsp3) is 0.333. The molecule has 3 aromatic heterocycles. The molecule has 2 aliphatic rings. The summed E-state index contributed by atoms with van der Waals surface area (Å²) in [5.74, 6) is 1.73. The molecule has 0 bridgehead atoms. The third-order valence-corrected chi connectivity index (χ3v) is 8.09. The molecule has 2 aliphatic heterocycles. The van der Waals surface area contributed by atoms with Crippen molar-refractivity contribution in [2.24, 2.45) is 0 Å². The van der Waals surface area contributed by atoms with E-state index >= 15 is 0 Å². The van der Waals surface area contributed by atoms with Gasteiger partial charge >= 0.3 is 0 Å². The Kier molecular flexibility index (Phi) is 6.34. The monoisotopic (exact) mass is 472 g/mol. The van der Waals surface area contributed by atoms with E-state index in [1.807, 2.05) is 11.3 Å². The van der Waals surface area contributed by atoms with Crippen molar-refractivity contribution >= 4 is 58.3 Å². The normalized spacial score (nSPS) is 15.3. The van der Waals surface area contributed by atoms with Crippen molar-refractivity contribution in [2.75, 3.05) is 26.4 Å². The summed E-state index contributed by atoms with van der Waals surface area (Å²) < 4.78 is 22.7. The van der Waals surface area contributed by atoms with Crippen LogP contribution in [0, 0.1) is 0 Å². The highest BCUT2D eigenvalue weighted by Gasteiger charge is 2.16. The van der Waals surface area contributed by atoms with Gasteiger partial charge in [0.1, 0.15) is 26.4 Å². The van der Waals surface area contributed by atoms with Crippen molar-refractivity contribution in [3.63, 3.8) is 0 Å². The highest BCUT2D eigenvalue weighted by Crippen LogP contribution is 2.41. The highest BCUT2D eigenvalue weighted by molar-refractivity contribution is 7.16. The number of rotatable bonds is 7. The van der Waals surface area contributed by atoms with E-state index in [0.29, 0.717) is 26.4 Å². The first kappa shape index (κ1) is 20.7. The number of hydrogen-bond acceptors (Lipinski definition) is 7. The number of aryl methyl sites for hydroxylation is 1. The molecule has 0 radical (unpaired) electrons. The molecule has 5 heterocycles. The van der Waals surface area contributed by atoms with Crippen LogP contribution in [0.1, 0.15) is 44.8 Å². The molecule has 0 atom stereocenters. The smallest absolute Gasteiger partial charge is 0.217 e. The summed E-state index contributed by atoms with van der Waals surface area (Å²) in [4.78, 5) is 4.88. The summed E-state index contributed by atoms with van der Waals surface area (Å²) in [5.41, 5.74) is 1.41. The van der Waals surface area contributed by atoms with Gasteiger partial charge in [-0.2, -0.15) is 0 Å². The Morgan fingerprint density at radius 1 is 0.710 bits per heavy atom. The lowest BCUT2D eigenvalue weighted by atomic mass is 10.1. The van der Waals surface area contributed by atoms with Crippen molar-refractivity contribution in [3.05, 3.63) is 43.3 Å². The Hall–Kier alpha value is -2.22. The molecule has 0 saturated heterocycles. The molecule has 0 aromatic carbocycles. The van der Waals surface area contributed by atoms with E-state index in [1.54, 1.807) is 22.7 Å². The molecule has 0 amide bonds. The molecular weight excluding hydrogens is 448 g/mol. The van der Waals surface area contributed by atoms with E-state index in [-0.39, 0.29) is 0 Å². The van der Waals surface area contributed by atoms with E-state index in [9.17, 15) is 0 Å². The molecule has 5 rings (SSSR count). The number of ether oxygens (including phenoxy) is 4. The number of unbranched alkanes of at least 4 members (excludes halogenated alkanes) is 1. The second-order valence-corrected chi connectivity index (χ2v) is 10.5. The van der Waals surface area contributed by atoms with Crippen LogP contribution in [-0.4, -0.2) is 26.4 Å². The van der Waals surface area contributed by atoms with Crippen molar-refractivity contribution < 1.29 is 18.9 Å². The zero-order chi connectivity index (χ0) is 21.0. The van der Waals surface area contributed by atoms with Crippen molar-refractivity contribution in [2.45, 2.75) is 26.2 Å². The Bertz CT molecular complexity index is 1060. The quantitative estimate of drug-likeness (QED) is 0.368. The molecular formula is C24H24O4S3. The predicted octanol–water partition coefficient (Wildman–Crippen LogP) is 7.10. The van der Waals surface area contributed by atoms with Crippen molar-refractivity contribution in [3.8, 4) is 21.6 Å². The summed E-state index contributed by atoms with van der Waals surface area (Å²) in [7, 11) is 0. The molecule has 0 fully saturated rings. The van der Waals surface area contributed by atoms with Crippen LogP contribution in [-0.2, 0) is 6.42 Å². The lowest BCUT2D eigenvalue weighted by Crippen LogP contribution is -2.13. The molecule has 0 saturated carbocycles. The largest absolute Gasteiger partial charge is 0.485 e. The van der Waals surface area contributed by atoms with Gasteiger partial charge in [-0.1, -0.05) is 36.0 Å². The summed E-state index contributed by atoms with van der Waals surface area (Å²) in [6, 6.07) is 6.45. The summed E-state index contributed by atoms with van der Waals surface area (Å²) >= 11 is 5.10. The molecule has 3 aromatic rings. The lowest BCUT2D eigenvalue weighted by molar-refractivity contribution is 0.178. The first-order valence-electron chi connectivity index (χ1n) is 10.6. The maximum absolute atomic E-state index is 5.68. The maximum atomic E-state index is 5.68. The highest BCUT2D eigenvalue weighted by atomic mass is 32.1. The van der Waals surface area contributed by atoms with Crippen LogP contribution >= 0.6 is 34.0 Å². The van der Waals surface area contributed by atoms with Crippen molar-refractivity contribution in [1.29, 1.82) is 0 Å². The number of fused-ring (bicyclic) bond motifs is 2. The van der Waals surface area contributed by atoms with E-state index in [4.69, 9.17) is 18.9 Å². The maximum Gasteiger partial charge on any atom is 0.217 e. The second-order valence-electron chi connectivity index (χ2n) is 7.30. The first-order chi connectivity index (χ1) is 15.3. The van der Waals surface area contributed by atoms with Crippen LogP contribution < -0.4 is 18.9 Å². The van der Waals surface area contributed by atoms with E-state index < -0.39 is 0 Å². The summed E-state index contributed by atoms with van der Waals surface area (Å²) in [5, 5.41) is 1.77. The van der Waals surface area contributed by atoms with Gasteiger partial charge in [0.2, 0.25) is 10.1 Å². The van der Waals surface area contributed by atoms with Crippen LogP contribution in [0.3, 0.4) is 0 Å². The Balaban J connectivity index is 1.35. The minimum atomic E-state index is 0.625. The third-order valence-electron chi connectivity index (χ3n) is 4.99. The van der Waals surface area contributed by atoms with Gasteiger partial charge in [0, 0.05) is 31.6 Å². The van der Waals surface area contributed by atoms with Gasteiger partial charge in [-0.15, -0.1) is 11.3 Å².